The molecule has 0 saturated carbocycles. The van der Waals surface area contributed by atoms with E-state index in [1.165, 1.54) is 11.1 Å². The van der Waals surface area contributed by atoms with E-state index in [0.717, 1.165) is 18.8 Å². The van der Waals surface area contributed by atoms with Crippen LogP contribution in [0.2, 0.25) is 0 Å². The zero-order valence-corrected chi connectivity index (χ0v) is 11.1. The number of hydrogen-bond acceptors (Lipinski definition) is 2. The molecule has 0 atom stereocenters. The standard InChI is InChI=1S/C14H23NO/c1-11-8-12(2)10-13(9-11)16-7-6-14(3,4)15-5/h8-10,15H,6-7H2,1-5H3. The van der Waals surface area contributed by atoms with E-state index >= 15 is 0 Å². The number of nitrogens with one attached hydrogen (secondary N) is 1. The van der Waals surface area contributed by atoms with Crippen LogP contribution in [-0.4, -0.2) is 19.2 Å². The quantitative estimate of drug-likeness (QED) is 0.825. The number of hydrogen-bond donors (Lipinski definition) is 1. The molecule has 0 heterocycles. The predicted octanol–water partition coefficient (Wildman–Crippen LogP) is 3.07. The first-order valence-electron chi connectivity index (χ1n) is 5.83. The monoisotopic (exact) mass is 221 g/mol. The topological polar surface area (TPSA) is 21.3 Å². The van der Waals surface area contributed by atoms with Crippen LogP contribution < -0.4 is 10.1 Å². The van der Waals surface area contributed by atoms with Crippen molar-refractivity contribution in [3.63, 3.8) is 0 Å². The summed E-state index contributed by atoms with van der Waals surface area (Å²) in [5, 5.41) is 3.27. The van der Waals surface area contributed by atoms with Gasteiger partial charge >= 0.3 is 0 Å². The van der Waals surface area contributed by atoms with E-state index in [2.05, 4.69) is 51.2 Å². The third-order valence-corrected chi connectivity index (χ3v) is 2.87. The molecule has 0 fully saturated rings. The fourth-order valence-electron chi connectivity index (χ4n) is 1.57. The fraction of sp³-hybridized carbons (Fsp3) is 0.571. The fourth-order valence-corrected chi connectivity index (χ4v) is 1.57. The van der Waals surface area contributed by atoms with Crippen molar-refractivity contribution < 1.29 is 4.74 Å². The molecule has 0 bridgehead atoms. The minimum atomic E-state index is 0.138. The van der Waals surface area contributed by atoms with Crippen molar-refractivity contribution in [3.05, 3.63) is 29.3 Å². The zero-order valence-electron chi connectivity index (χ0n) is 11.1. The van der Waals surface area contributed by atoms with E-state index in [1.54, 1.807) is 0 Å². The lowest BCUT2D eigenvalue weighted by Gasteiger charge is -2.23. The highest BCUT2D eigenvalue weighted by molar-refractivity contribution is 5.32. The zero-order chi connectivity index (χ0) is 12.2. The molecule has 2 nitrogen and oxygen atoms in total. The van der Waals surface area contributed by atoms with E-state index < -0.39 is 0 Å². The Balaban J connectivity index is 2.49. The molecule has 0 spiro atoms. The van der Waals surface area contributed by atoms with Gasteiger partial charge in [0, 0.05) is 5.54 Å². The Morgan fingerprint density at radius 1 is 1.12 bits per heavy atom. The molecule has 0 unspecified atom stereocenters. The maximum Gasteiger partial charge on any atom is 0.119 e. The van der Waals surface area contributed by atoms with Gasteiger partial charge in [0.25, 0.3) is 0 Å². The molecule has 0 saturated heterocycles. The summed E-state index contributed by atoms with van der Waals surface area (Å²) in [5.74, 6) is 0.976. The SMILES string of the molecule is CNC(C)(C)CCOc1cc(C)cc(C)c1. The van der Waals surface area contributed by atoms with Crippen LogP contribution in [-0.2, 0) is 0 Å². The Morgan fingerprint density at radius 2 is 1.69 bits per heavy atom. The number of ether oxygens (including phenoxy) is 1. The molecule has 1 aromatic rings. The minimum Gasteiger partial charge on any atom is -0.494 e. The maximum atomic E-state index is 5.77. The first-order valence-corrected chi connectivity index (χ1v) is 5.83. The summed E-state index contributed by atoms with van der Waals surface area (Å²) in [6, 6.07) is 6.32. The van der Waals surface area contributed by atoms with Gasteiger partial charge in [-0.1, -0.05) is 6.07 Å². The second-order valence-corrected chi connectivity index (χ2v) is 5.06. The summed E-state index contributed by atoms with van der Waals surface area (Å²) in [6.45, 7) is 9.29. The summed E-state index contributed by atoms with van der Waals surface area (Å²) >= 11 is 0. The van der Waals surface area contributed by atoms with Gasteiger partial charge in [-0.15, -0.1) is 0 Å². The maximum absolute atomic E-state index is 5.77. The smallest absolute Gasteiger partial charge is 0.119 e. The van der Waals surface area contributed by atoms with Gasteiger partial charge in [-0.05, 0) is 64.4 Å². The minimum absolute atomic E-state index is 0.138. The average molecular weight is 221 g/mol. The summed E-state index contributed by atoms with van der Waals surface area (Å²) in [7, 11) is 1.98. The van der Waals surface area contributed by atoms with Gasteiger partial charge in [-0.3, -0.25) is 0 Å². The Hall–Kier alpha value is -1.02. The van der Waals surface area contributed by atoms with Crippen LogP contribution in [0.1, 0.15) is 31.4 Å². The lowest BCUT2D eigenvalue weighted by molar-refractivity contribution is 0.255. The van der Waals surface area contributed by atoms with Crippen molar-refractivity contribution in [2.24, 2.45) is 0 Å². The number of rotatable bonds is 5. The first-order chi connectivity index (χ1) is 7.43. The van der Waals surface area contributed by atoms with Crippen LogP contribution in [0.3, 0.4) is 0 Å². The van der Waals surface area contributed by atoms with Gasteiger partial charge in [-0.25, -0.2) is 0 Å². The molecule has 1 rings (SSSR count). The average Bonchev–Trinajstić information content (AvgIpc) is 2.16. The van der Waals surface area contributed by atoms with Crippen LogP contribution in [0, 0.1) is 13.8 Å². The highest BCUT2D eigenvalue weighted by atomic mass is 16.5. The van der Waals surface area contributed by atoms with E-state index in [1.807, 2.05) is 7.05 Å². The van der Waals surface area contributed by atoms with Crippen LogP contribution in [0.15, 0.2) is 18.2 Å². The highest BCUT2D eigenvalue weighted by Gasteiger charge is 2.14. The summed E-state index contributed by atoms with van der Waals surface area (Å²) < 4.78 is 5.77. The van der Waals surface area contributed by atoms with Gasteiger partial charge in [0.2, 0.25) is 0 Å². The predicted molar refractivity (Wildman–Crippen MR) is 69.2 cm³/mol. The van der Waals surface area contributed by atoms with E-state index in [4.69, 9.17) is 4.74 Å². The number of benzene rings is 1. The molecule has 0 amide bonds. The van der Waals surface area contributed by atoms with Crippen molar-refractivity contribution in [3.8, 4) is 5.75 Å². The van der Waals surface area contributed by atoms with Crippen molar-refractivity contribution >= 4 is 0 Å². The van der Waals surface area contributed by atoms with Crippen LogP contribution >= 0.6 is 0 Å². The second kappa shape index (κ2) is 5.35. The van der Waals surface area contributed by atoms with E-state index in [0.29, 0.717) is 0 Å². The van der Waals surface area contributed by atoms with Gasteiger partial charge in [0.05, 0.1) is 6.61 Å². The molecule has 0 aliphatic rings. The molecule has 16 heavy (non-hydrogen) atoms. The van der Waals surface area contributed by atoms with Crippen LogP contribution in [0.4, 0.5) is 0 Å². The molecule has 0 aliphatic heterocycles. The Morgan fingerprint density at radius 3 is 2.19 bits per heavy atom. The number of aryl methyl sites for hydroxylation is 2. The lowest BCUT2D eigenvalue weighted by atomic mass is 10.0. The van der Waals surface area contributed by atoms with Gasteiger partial charge in [0.1, 0.15) is 5.75 Å². The summed E-state index contributed by atoms with van der Waals surface area (Å²) in [6.07, 6.45) is 0.997. The molecule has 2 heteroatoms. The largest absolute Gasteiger partial charge is 0.494 e. The van der Waals surface area contributed by atoms with Gasteiger partial charge in [0.15, 0.2) is 0 Å². The molecule has 0 aliphatic carbocycles. The molecular weight excluding hydrogens is 198 g/mol. The molecule has 0 aromatic heterocycles. The highest BCUT2D eigenvalue weighted by Crippen LogP contribution is 2.17. The first kappa shape index (κ1) is 13.0. The van der Waals surface area contributed by atoms with E-state index in [9.17, 15) is 0 Å². The lowest BCUT2D eigenvalue weighted by Crippen LogP contribution is -2.37. The summed E-state index contributed by atoms with van der Waals surface area (Å²) in [5.41, 5.74) is 2.64. The van der Waals surface area contributed by atoms with Gasteiger partial charge in [-0.2, -0.15) is 0 Å². The third-order valence-electron chi connectivity index (χ3n) is 2.87. The third kappa shape index (κ3) is 4.23. The normalized spacial score (nSPS) is 11.6. The molecule has 1 N–H and O–H groups in total. The summed E-state index contributed by atoms with van der Waals surface area (Å²) in [4.78, 5) is 0. The Labute approximate surface area is 99.0 Å². The molecule has 90 valence electrons. The van der Waals surface area contributed by atoms with Crippen molar-refractivity contribution in [2.75, 3.05) is 13.7 Å². The molecule has 1 aromatic carbocycles. The second-order valence-electron chi connectivity index (χ2n) is 5.06. The van der Waals surface area contributed by atoms with Crippen molar-refractivity contribution in [1.82, 2.24) is 5.32 Å². The molecular formula is C14H23NO. The molecule has 0 radical (unpaired) electrons. The Bertz CT molecular complexity index is 324. The van der Waals surface area contributed by atoms with Crippen LogP contribution in [0.5, 0.6) is 5.75 Å². The Kier molecular flexibility index (Phi) is 4.36. The van der Waals surface area contributed by atoms with Crippen LogP contribution in [0.25, 0.3) is 0 Å². The van der Waals surface area contributed by atoms with Crippen molar-refractivity contribution in [2.45, 2.75) is 39.7 Å². The van der Waals surface area contributed by atoms with Crippen molar-refractivity contribution in [1.29, 1.82) is 0 Å². The van der Waals surface area contributed by atoms with E-state index in [-0.39, 0.29) is 5.54 Å². The van der Waals surface area contributed by atoms with Gasteiger partial charge < -0.3 is 10.1 Å².